The highest BCUT2D eigenvalue weighted by atomic mass is 35.5. The molecule has 0 aromatic heterocycles. The number of anilines is 1. The first-order valence-corrected chi connectivity index (χ1v) is 10.9. The number of halogens is 2. The van der Waals surface area contributed by atoms with Gasteiger partial charge in [-0.25, -0.2) is 0 Å². The molecule has 154 valence electrons. The van der Waals surface area contributed by atoms with Crippen LogP contribution in [0.5, 0.6) is 0 Å². The van der Waals surface area contributed by atoms with E-state index in [9.17, 15) is 4.79 Å². The Labute approximate surface area is 188 Å². The normalized spacial score (nSPS) is 20.0. The van der Waals surface area contributed by atoms with E-state index in [1.807, 2.05) is 11.0 Å². The number of nitrogens with zero attached hydrogens (tertiary/aromatic N) is 1. The second-order valence-electron chi connectivity index (χ2n) is 8.97. The summed E-state index contributed by atoms with van der Waals surface area (Å²) in [6, 6.07) is 21.9. The van der Waals surface area contributed by atoms with E-state index in [0.717, 1.165) is 17.7 Å². The molecule has 2 nitrogen and oxygen atoms in total. The standard InChI is InChI=1S/C26H25Cl2NO/c1-17-10-13-23-21(14-17)26(4,18-8-6-5-7-9-18)16-25(2,3)29(23)24(30)20-12-11-19(27)15-22(20)28/h5-15H,16H2,1-4H3/t26-/m0/s1. The Morgan fingerprint density at radius 1 is 0.933 bits per heavy atom. The number of carbonyl (C=O) groups is 1. The first kappa shape index (κ1) is 21.0. The molecule has 0 spiro atoms. The first-order chi connectivity index (χ1) is 14.1. The molecular formula is C26H25Cl2NO. The van der Waals surface area contributed by atoms with Gasteiger partial charge in [0.25, 0.3) is 5.91 Å². The first-order valence-electron chi connectivity index (χ1n) is 10.1. The monoisotopic (exact) mass is 437 g/mol. The zero-order valence-corrected chi connectivity index (χ0v) is 19.2. The lowest BCUT2D eigenvalue weighted by atomic mass is 9.65. The molecule has 0 N–H and O–H groups in total. The molecule has 1 aliphatic heterocycles. The van der Waals surface area contributed by atoms with E-state index in [1.165, 1.54) is 11.1 Å². The van der Waals surface area contributed by atoms with Gasteiger partial charge in [0.15, 0.2) is 0 Å². The minimum Gasteiger partial charge on any atom is -0.302 e. The molecule has 0 saturated heterocycles. The van der Waals surface area contributed by atoms with E-state index in [1.54, 1.807) is 18.2 Å². The number of hydrogen-bond donors (Lipinski definition) is 0. The SMILES string of the molecule is Cc1ccc2c(c1)[C@](C)(c1ccccc1)CC(C)(C)N2C(=O)c1ccc(Cl)cc1Cl. The van der Waals surface area contributed by atoms with Crippen LogP contribution in [0.4, 0.5) is 5.69 Å². The largest absolute Gasteiger partial charge is 0.302 e. The van der Waals surface area contributed by atoms with Gasteiger partial charge >= 0.3 is 0 Å². The maximum absolute atomic E-state index is 13.7. The van der Waals surface area contributed by atoms with Gasteiger partial charge in [0, 0.05) is 21.7 Å². The molecule has 3 aromatic rings. The van der Waals surface area contributed by atoms with Gasteiger partial charge in [-0.05, 0) is 62.6 Å². The average molecular weight is 438 g/mol. The summed E-state index contributed by atoms with van der Waals surface area (Å²) < 4.78 is 0. The van der Waals surface area contributed by atoms with Crippen molar-refractivity contribution in [3.8, 4) is 0 Å². The van der Waals surface area contributed by atoms with Gasteiger partial charge in [-0.15, -0.1) is 0 Å². The maximum atomic E-state index is 13.7. The smallest absolute Gasteiger partial charge is 0.260 e. The Morgan fingerprint density at radius 3 is 2.30 bits per heavy atom. The van der Waals surface area contributed by atoms with E-state index in [4.69, 9.17) is 23.2 Å². The third kappa shape index (κ3) is 3.42. The minimum atomic E-state index is -0.424. The average Bonchev–Trinajstić information content (AvgIpc) is 2.68. The summed E-state index contributed by atoms with van der Waals surface area (Å²) in [6.45, 7) is 8.62. The van der Waals surface area contributed by atoms with E-state index >= 15 is 0 Å². The molecule has 1 heterocycles. The van der Waals surface area contributed by atoms with Crippen LogP contribution in [-0.4, -0.2) is 11.4 Å². The molecule has 0 aliphatic carbocycles. The molecule has 0 radical (unpaired) electrons. The van der Waals surface area contributed by atoms with Gasteiger partial charge in [0.05, 0.1) is 10.6 Å². The summed E-state index contributed by atoms with van der Waals surface area (Å²) in [5, 5.41) is 0.885. The summed E-state index contributed by atoms with van der Waals surface area (Å²) in [5.74, 6) is -0.109. The lowest BCUT2D eigenvalue weighted by molar-refractivity contribution is 0.0949. The summed E-state index contributed by atoms with van der Waals surface area (Å²) >= 11 is 12.5. The Bertz CT molecular complexity index is 1120. The Balaban J connectivity index is 1.93. The highest BCUT2D eigenvalue weighted by Gasteiger charge is 2.48. The third-order valence-electron chi connectivity index (χ3n) is 6.15. The van der Waals surface area contributed by atoms with Gasteiger partial charge in [0.2, 0.25) is 0 Å². The predicted octanol–water partition coefficient (Wildman–Crippen LogP) is 7.44. The maximum Gasteiger partial charge on any atom is 0.260 e. The second-order valence-corrected chi connectivity index (χ2v) is 9.82. The van der Waals surface area contributed by atoms with Crippen LogP contribution in [-0.2, 0) is 5.41 Å². The van der Waals surface area contributed by atoms with Gasteiger partial charge in [0.1, 0.15) is 0 Å². The number of rotatable bonds is 2. The van der Waals surface area contributed by atoms with Crippen molar-refractivity contribution in [3.05, 3.63) is 99.0 Å². The van der Waals surface area contributed by atoms with Gasteiger partial charge in [-0.2, -0.15) is 0 Å². The number of benzene rings is 3. The summed E-state index contributed by atoms with van der Waals surface area (Å²) in [4.78, 5) is 15.6. The van der Waals surface area contributed by atoms with Crippen molar-refractivity contribution in [2.75, 3.05) is 4.90 Å². The van der Waals surface area contributed by atoms with Crippen LogP contribution >= 0.6 is 23.2 Å². The molecule has 0 unspecified atom stereocenters. The molecule has 1 aliphatic rings. The van der Waals surface area contributed by atoms with E-state index in [0.29, 0.717) is 15.6 Å². The molecule has 4 rings (SSSR count). The summed E-state index contributed by atoms with van der Waals surface area (Å²) in [5.41, 5.74) is 4.34. The molecule has 1 amide bonds. The fourth-order valence-corrected chi connectivity index (χ4v) is 5.37. The van der Waals surface area contributed by atoms with Crippen molar-refractivity contribution < 1.29 is 4.79 Å². The number of aryl methyl sites for hydroxylation is 1. The third-order valence-corrected chi connectivity index (χ3v) is 6.70. The molecular weight excluding hydrogens is 413 g/mol. The number of amides is 1. The molecule has 3 aromatic carbocycles. The fourth-order valence-electron chi connectivity index (χ4n) is 4.88. The molecule has 30 heavy (non-hydrogen) atoms. The van der Waals surface area contributed by atoms with Gasteiger partial charge in [-0.1, -0.05) is 78.2 Å². The van der Waals surface area contributed by atoms with Crippen molar-refractivity contribution in [1.29, 1.82) is 0 Å². The predicted molar refractivity (Wildman–Crippen MR) is 126 cm³/mol. The zero-order chi connectivity index (χ0) is 21.7. The number of fused-ring (bicyclic) bond motifs is 1. The molecule has 0 saturated carbocycles. The van der Waals surface area contributed by atoms with Crippen molar-refractivity contribution in [2.24, 2.45) is 0 Å². The van der Waals surface area contributed by atoms with Crippen molar-refractivity contribution in [2.45, 2.75) is 45.1 Å². The van der Waals surface area contributed by atoms with Crippen LogP contribution < -0.4 is 4.90 Å². The van der Waals surface area contributed by atoms with Crippen LogP contribution in [0.3, 0.4) is 0 Å². The quantitative estimate of drug-likeness (QED) is 0.407. The summed E-state index contributed by atoms with van der Waals surface area (Å²) in [6.07, 6.45) is 0.789. The molecule has 4 heteroatoms. The molecule has 0 bridgehead atoms. The Morgan fingerprint density at radius 2 is 1.63 bits per heavy atom. The van der Waals surface area contributed by atoms with Crippen LogP contribution in [0.2, 0.25) is 10.0 Å². The Kier molecular flexibility index (Phi) is 5.20. The lowest BCUT2D eigenvalue weighted by Gasteiger charge is -2.51. The highest BCUT2D eigenvalue weighted by Crippen LogP contribution is 2.51. The van der Waals surface area contributed by atoms with Crippen LogP contribution in [0.25, 0.3) is 0 Å². The fraction of sp³-hybridized carbons (Fsp3) is 0.269. The van der Waals surface area contributed by atoms with E-state index in [-0.39, 0.29) is 11.3 Å². The second kappa shape index (κ2) is 7.44. The topological polar surface area (TPSA) is 20.3 Å². The van der Waals surface area contributed by atoms with Crippen LogP contribution in [0.1, 0.15) is 54.2 Å². The van der Waals surface area contributed by atoms with Gasteiger partial charge in [-0.3, -0.25) is 4.79 Å². The van der Waals surface area contributed by atoms with E-state index in [2.05, 4.69) is 70.2 Å². The zero-order valence-electron chi connectivity index (χ0n) is 17.7. The van der Waals surface area contributed by atoms with E-state index < -0.39 is 5.54 Å². The van der Waals surface area contributed by atoms with Crippen LogP contribution in [0, 0.1) is 6.92 Å². The number of hydrogen-bond acceptors (Lipinski definition) is 1. The highest BCUT2D eigenvalue weighted by molar-refractivity contribution is 6.37. The minimum absolute atomic E-state index is 0.109. The number of carbonyl (C=O) groups excluding carboxylic acids is 1. The van der Waals surface area contributed by atoms with Crippen molar-refractivity contribution in [3.63, 3.8) is 0 Å². The lowest BCUT2D eigenvalue weighted by Crippen LogP contribution is -2.56. The van der Waals surface area contributed by atoms with Gasteiger partial charge < -0.3 is 4.90 Å². The molecule has 1 atom stereocenters. The molecule has 0 fully saturated rings. The van der Waals surface area contributed by atoms with Crippen molar-refractivity contribution in [1.82, 2.24) is 0 Å². The summed E-state index contributed by atoms with van der Waals surface area (Å²) in [7, 11) is 0. The van der Waals surface area contributed by atoms with Crippen LogP contribution in [0.15, 0.2) is 66.7 Å². The van der Waals surface area contributed by atoms with Crippen molar-refractivity contribution >= 4 is 34.8 Å². The Hall–Kier alpha value is -2.29.